The van der Waals surface area contributed by atoms with Gasteiger partial charge < -0.3 is 11.1 Å². The third-order valence-electron chi connectivity index (χ3n) is 2.11. The lowest BCUT2D eigenvalue weighted by Crippen LogP contribution is -2.12. The lowest BCUT2D eigenvalue weighted by Gasteiger charge is -2.08. The lowest BCUT2D eigenvalue weighted by atomic mass is 10.1. The van der Waals surface area contributed by atoms with E-state index in [-0.39, 0.29) is 10.8 Å². The number of rotatable bonds is 3. The van der Waals surface area contributed by atoms with Crippen molar-refractivity contribution in [2.24, 2.45) is 5.73 Å². The Morgan fingerprint density at radius 2 is 2.29 bits per heavy atom. The van der Waals surface area contributed by atoms with Crippen LogP contribution in [0.1, 0.15) is 10.4 Å². The van der Waals surface area contributed by atoms with Crippen LogP contribution in [0.2, 0.25) is 0 Å². The number of hydrogen-bond acceptors (Lipinski definition) is 4. The second-order valence-corrected chi connectivity index (χ2v) is 5.13. The van der Waals surface area contributed by atoms with E-state index >= 15 is 0 Å². The quantitative estimate of drug-likeness (QED) is 0.839. The van der Waals surface area contributed by atoms with Crippen LogP contribution < -0.4 is 11.1 Å². The second-order valence-electron chi connectivity index (χ2n) is 3.46. The zero-order valence-corrected chi connectivity index (χ0v) is 10.7. The first-order chi connectivity index (χ1) is 8.06. The lowest BCUT2D eigenvalue weighted by molar-refractivity contribution is 0.628. The summed E-state index contributed by atoms with van der Waals surface area (Å²) in [5.41, 5.74) is 6.69. The highest BCUT2D eigenvalue weighted by Crippen LogP contribution is 2.25. The molecule has 0 amide bonds. The molecule has 0 spiro atoms. The van der Waals surface area contributed by atoms with Crippen molar-refractivity contribution in [3.8, 4) is 0 Å². The van der Waals surface area contributed by atoms with Gasteiger partial charge in [-0.05, 0) is 25.1 Å². The van der Waals surface area contributed by atoms with E-state index in [0.29, 0.717) is 11.3 Å². The maximum Gasteiger partial charge on any atom is 0.187 e. The average molecular weight is 267 g/mol. The second kappa shape index (κ2) is 4.77. The number of anilines is 2. The van der Waals surface area contributed by atoms with Gasteiger partial charge in [0.05, 0.1) is 5.69 Å². The summed E-state index contributed by atoms with van der Waals surface area (Å²) >= 11 is 6.39. The fraction of sp³-hybridized carbons (Fsp3) is 0.0909. The third-order valence-corrected chi connectivity index (χ3v) is 3.16. The molecule has 1 aromatic carbocycles. The molecule has 2 rings (SSSR count). The van der Waals surface area contributed by atoms with Crippen LogP contribution >= 0.6 is 23.6 Å². The summed E-state index contributed by atoms with van der Waals surface area (Å²) in [7, 11) is 0. The Morgan fingerprint density at radius 3 is 2.88 bits per heavy atom. The van der Waals surface area contributed by atoms with Gasteiger partial charge in [-0.2, -0.15) is 0 Å². The zero-order chi connectivity index (χ0) is 12.4. The van der Waals surface area contributed by atoms with Crippen LogP contribution in [0, 0.1) is 12.7 Å². The minimum atomic E-state index is -0.367. The summed E-state index contributed by atoms with van der Waals surface area (Å²) in [6.07, 6.45) is 1.76. The molecule has 1 heterocycles. The molecule has 3 nitrogen and oxygen atoms in total. The highest BCUT2D eigenvalue weighted by Gasteiger charge is 2.08. The number of nitrogens with zero attached hydrogens (tertiary/aromatic N) is 1. The largest absolute Gasteiger partial charge is 0.389 e. The number of hydrogen-bond donors (Lipinski definition) is 2. The third kappa shape index (κ3) is 2.78. The fourth-order valence-electron chi connectivity index (χ4n) is 1.36. The number of aromatic nitrogens is 1. The van der Waals surface area contributed by atoms with Crippen LogP contribution in [0.3, 0.4) is 0 Å². The SMILES string of the molecule is Cc1cnc(Nc2ccc(F)cc2C(N)=S)s1. The molecule has 0 radical (unpaired) electrons. The minimum absolute atomic E-state index is 0.153. The number of thiazole rings is 1. The predicted octanol–water partition coefficient (Wildman–Crippen LogP) is 2.97. The van der Waals surface area contributed by atoms with Gasteiger partial charge in [-0.3, -0.25) is 0 Å². The first-order valence-corrected chi connectivity index (χ1v) is 6.07. The van der Waals surface area contributed by atoms with Crippen LogP contribution in [-0.4, -0.2) is 9.97 Å². The molecular weight excluding hydrogens is 257 g/mol. The monoisotopic (exact) mass is 267 g/mol. The van der Waals surface area contributed by atoms with Crippen molar-refractivity contribution in [2.75, 3.05) is 5.32 Å². The molecule has 3 N–H and O–H groups in total. The van der Waals surface area contributed by atoms with E-state index in [2.05, 4.69) is 10.3 Å². The van der Waals surface area contributed by atoms with Crippen molar-refractivity contribution in [3.05, 3.63) is 40.7 Å². The van der Waals surface area contributed by atoms with E-state index in [9.17, 15) is 4.39 Å². The summed E-state index contributed by atoms with van der Waals surface area (Å²) < 4.78 is 13.1. The Hall–Kier alpha value is -1.53. The van der Waals surface area contributed by atoms with Crippen LogP contribution in [0.15, 0.2) is 24.4 Å². The van der Waals surface area contributed by atoms with Crippen LogP contribution in [0.25, 0.3) is 0 Å². The standard InChI is InChI=1S/C11H10FN3S2/c1-6-5-14-11(17-6)15-9-3-2-7(12)4-8(9)10(13)16/h2-5H,1H3,(H2,13,16)(H,14,15). The van der Waals surface area contributed by atoms with Crippen molar-refractivity contribution in [2.45, 2.75) is 6.92 Å². The Labute approximate surface area is 107 Å². The molecule has 0 unspecified atom stereocenters. The van der Waals surface area contributed by atoms with Gasteiger partial charge in [0.1, 0.15) is 10.8 Å². The van der Waals surface area contributed by atoms with Crippen molar-refractivity contribution in [1.82, 2.24) is 4.98 Å². The number of nitrogens with one attached hydrogen (secondary N) is 1. The van der Waals surface area contributed by atoms with Crippen LogP contribution in [-0.2, 0) is 0 Å². The normalized spacial score (nSPS) is 10.2. The van der Waals surface area contributed by atoms with Crippen molar-refractivity contribution in [3.63, 3.8) is 0 Å². The molecule has 0 atom stereocenters. The van der Waals surface area contributed by atoms with Crippen LogP contribution in [0.4, 0.5) is 15.2 Å². The van der Waals surface area contributed by atoms with Gasteiger partial charge in [0.25, 0.3) is 0 Å². The van der Waals surface area contributed by atoms with E-state index in [1.54, 1.807) is 12.3 Å². The molecule has 2 aromatic rings. The van der Waals surface area contributed by atoms with E-state index in [0.717, 1.165) is 10.0 Å². The number of benzene rings is 1. The Kier molecular flexibility index (Phi) is 3.35. The van der Waals surface area contributed by atoms with E-state index < -0.39 is 0 Å². The molecule has 0 bridgehead atoms. The van der Waals surface area contributed by atoms with Crippen molar-refractivity contribution in [1.29, 1.82) is 0 Å². The topological polar surface area (TPSA) is 50.9 Å². The average Bonchev–Trinajstić information content (AvgIpc) is 2.66. The number of nitrogens with two attached hydrogens (primary N) is 1. The molecule has 88 valence electrons. The number of aryl methyl sites for hydroxylation is 1. The minimum Gasteiger partial charge on any atom is -0.389 e. The van der Waals surface area contributed by atoms with E-state index in [1.165, 1.54) is 23.5 Å². The number of thiocarbonyl (C=S) groups is 1. The molecule has 0 saturated carbocycles. The van der Waals surface area contributed by atoms with Crippen LogP contribution in [0.5, 0.6) is 0 Å². The fourth-order valence-corrected chi connectivity index (χ4v) is 2.20. The molecule has 17 heavy (non-hydrogen) atoms. The maximum atomic E-state index is 13.1. The summed E-state index contributed by atoms with van der Waals surface area (Å²) in [5.74, 6) is -0.367. The molecule has 0 aliphatic heterocycles. The molecule has 0 aliphatic rings. The first-order valence-electron chi connectivity index (χ1n) is 4.85. The zero-order valence-electron chi connectivity index (χ0n) is 9.03. The maximum absolute atomic E-state index is 13.1. The molecule has 0 aliphatic carbocycles. The highest BCUT2D eigenvalue weighted by atomic mass is 32.1. The molecular formula is C11H10FN3S2. The van der Waals surface area contributed by atoms with Gasteiger partial charge in [-0.15, -0.1) is 11.3 Å². The smallest absolute Gasteiger partial charge is 0.187 e. The molecule has 1 aromatic heterocycles. The van der Waals surface area contributed by atoms with Gasteiger partial charge >= 0.3 is 0 Å². The van der Waals surface area contributed by atoms with E-state index in [1.807, 2.05) is 6.92 Å². The molecule has 6 heteroatoms. The van der Waals surface area contributed by atoms with E-state index in [4.69, 9.17) is 18.0 Å². The van der Waals surface area contributed by atoms with Gasteiger partial charge in [0.15, 0.2) is 5.13 Å². The van der Waals surface area contributed by atoms with Gasteiger partial charge in [0.2, 0.25) is 0 Å². The summed E-state index contributed by atoms with van der Waals surface area (Å²) in [6.45, 7) is 1.96. The Morgan fingerprint density at radius 1 is 1.53 bits per heavy atom. The first kappa shape index (κ1) is 11.9. The van der Waals surface area contributed by atoms with Gasteiger partial charge in [-0.1, -0.05) is 12.2 Å². The molecule has 0 saturated heterocycles. The van der Waals surface area contributed by atoms with Gasteiger partial charge in [0, 0.05) is 16.6 Å². The van der Waals surface area contributed by atoms with Gasteiger partial charge in [-0.25, -0.2) is 9.37 Å². The van der Waals surface area contributed by atoms with Crippen molar-refractivity contribution >= 4 is 39.4 Å². The Bertz CT molecular complexity index is 566. The predicted molar refractivity (Wildman–Crippen MR) is 72.4 cm³/mol. The molecule has 0 fully saturated rings. The summed E-state index contributed by atoms with van der Waals surface area (Å²) in [6, 6.07) is 4.26. The summed E-state index contributed by atoms with van der Waals surface area (Å²) in [5, 5.41) is 3.80. The highest BCUT2D eigenvalue weighted by molar-refractivity contribution is 7.80. The Balaban J connectivity index is 2.35. The number of halogens is 1. The summed E-state index contributed by atoms with van der Waals surface area (Å²) in [4.78, 5) is 5.41. The van der Waals surface area contributed by atoms with Crippen molar-refractivity contribution < 1.29 is 4.39 Å².